The van der Waals surface area contributed by atoms with Crippen LogP contribution in [0.15, 0.2) is 0 Å². The summed E-state index contributed by atoms with van der Waals surface area (Å²) < 4.78 is 0. The van der Waals surface area contributed by atoms with Gasteiger partial charge in [-0.05, 0) is 0 Å². The van der Waals surface area contributed by atoms with Crippen molar-refractivity contribution in [1.82, 2.24) is 0 Å². The summed E-state index contributed by atoms with van der Waals surface area (Å²) in [6, 6.07) is 0. The summed E-state index contributed by atoms with van der Waals surface area (Å²) in [4.78, 5) is 0. The molecule has 0 unspecified atom stereocenters. The average molecular weight is 360 g/mol. The average Bonchev–Trinajstić information content (AvgIpc) is 0. The Bertz CT molecular complexity index is 11.7. The normalized spacial score (nSPS) is 0. The second-order valence-electron chi connectivity index (χ2n) is 0. The van der Waals surface area contributed by atoms with E-state index in [2.05, 4.69) is 0 Å². The van der Waals surface area contributed by atoms with Gasteiger partial charge in [-0.3, -0.25) is 0 Å². The Morgan fingerprint density at radius 2 is 0.111 bits per heavy atom. The van der Waals surface area contributed by atoms with Crippen LogP contribution in [0.2, 0.25) is 0 Å². The van der Waals surface area contributed by atoms with Crippen molar-refractivity contribution in [2.45, 2.75) is 0 Å². The molecule has 0 aliphatic rings. The van der Waals surface area contributed by atoms with Crippen molar-refractivity contribution in [2.75, 3.05) is 0 Å². The maximum Gasteiger partial charge on any atom is 0.187 e. The minimum atomic E-state index is 0. The molecule has 0 spiro atoms. The Balaban J connectivity index is 0. The quantitative estimate of drug-likeness (QED) is 0.363. The summed E-state index contributed by atoms with van der Waals surface area (Å²) in [5, 5.41) is 0. The molecule has 0 fully saturated rings. The molecule has 0 aliphatic carbocycles. The zero-order valence-corrected chi connectivity index (χ0v) is 7.50. The lowest BCUT2D eigenvalue weighted by atomic mass is 16.0. The number of rotatable bonds is 0. The molecular formula is H39Al3O15. The van der Waals surface area contributed by atoms with Gasteiger partial charge in [-0.2, -0.15) is 0 Å². The van der Waals surface area contributed by atoms with E-state index in [1.54, 1.807) is 0 Å². The molecule has 18 heteroatoms. The van der Waals surface area contributed by atoms with E-state index in [-0.39, 0.29) is 134 Å². The highest BCUT2D eigenvalue weighted by Crippen LogP contribution is -0.275. The van der Waals surface area contributed by atoms with Crippen LogP contribution in [-0.4, -0.2) is 134 Å². The summed E-state index contributed by atoms with van der Waals surface area (Å²) in [6.07, 6.45) is 0. The third-order valence-electron chi connectivity index (χ3n) is 0. The highest BCUT2D eigenvalue weighted by atomic mass is 27.0. The van der Waals surface area contributed by atoms with Gasteiger partial charge in [0.25, 0.3) is 0 Å². The Labute approximate surface area is 134 Å². The Morgan fingerprint density at radius 3 is 0.111 bits per heavy atom. The van der Waals surface area contributed by atoms with Gasteiger partial charge in [0.1, 0.15) is 0 Å². The van der Waals surface area contributed by atoms with Gasteiger partial charge in [-0.1, -0.05) is 0 Å². The molecular weight excluding hydrogens is 321 g/mol. The van der Waals surface area contributed by atoms with Crippen LogP contribution in [-0.2, 0) is 0 Å². The van der Waals surface area contributed by atoms with Crippen molar-refractivity contribution in [3.05, 3.63) is 0 Å². The van der Waals surface area contributed by atoms with Crippen LogP contribution in [0.5, 0.6) is 0 Å². The summed E-state index contributed by atoms with van der Waals surface area (Å²) in [7, 11) is 0. The van der Waals surface area contributed by atoms with Crippen molar-refractivity contribution >= 4 is 52.1 Å². The maximum absolute atomic E-state index is 0. The van der Waals surface area contributed by atoms with Crippen molar-refractivity contribution in [3.8, 4) is 0 Å². The van der Waals surface area contributed by atoms with E-state index in [4.69, 9.17) is 0 Å². The third kappa shape index (κ3) is 4370. The molecule has 0 aromatic heterocycles. The minimum Gasteiger partial charge on any atom is -0.412 e. The largest absolute Gasteiger partial charge is 0.412 e. The molecule has 0 amide bonds. The van der Waals surface area contributed by atoms with Gasteiger partial charge in [0.15, 0.2) is 52.1 Å². The molecule has 30 N–H and O–H groups in total. The first-order valence-electron chi connectivity index (χ1n) is 0. The van der Waals surface area contributed by atoms with E-state index in [0.717, 1.165) is 0 Å². The summed E-state index contributed by atoms with van der Waals surface area (Å²) in [5.41, 5.74) is 0. The monoisotopic (exact) mass is 360 g/mol. The van der Waals surface area contributed by atoms with E-state index in [0.29, 0.717) is 0 Å². The molecule has 0 saturated carbocycles. The van der Waals surface area contributed by atoms with Gasteiger partial charge in [0.2, 0.25) is 0 Å². The first-order valence-corrected chi connectivity index (χ1v) is 0. The van der Waals surface area contributed by atoms with E-state index in [9.17, 15) is 0 Å². The zero-order chi connectivity index (χ0) is 0. The second kappa shape index (κ2) is 5230. The van der Waals surface area contributed by atoms with E-state index < -0.39 is 0 Å². The lowest BCUT2D eigenvalue weighted by Crippen LogP contribution is -0.382. The van der Waals surface area contributed by atoms with Crippen LogP contribution < -0.4 is 0 Å². The van der Waals surface area contributed by atoms with Crippen LogP contribution in [0.3, 0.4) is 0 Å². The molecule has 0 saturated heterocycles. The van der Waals surface area contributed by atoms with Gasteiger partial charge in [0.05, 0.1) is 0 Å². The van der Waals surface area contributed by atoms with Crippen molar-refractivity contribution in [2.24, 2.45) is 0 Å². The minimum absolute atomic E-state index is 0. The van der Waals surface area contributed by atoms with Crippen molar-refractivity contribution in [1.29, 1.82) is 0 Å². The second-order valence-corrected chi connectivity index (χ2v) is 0. The molecule has 0 radical (unpaired) electrons. The van der Waals surface area contributed by atoms with Crippen LogP contribution in [0.4, 0.5) is 0 Å². The van der Waals surface area contributed by atoms with Gasteiger partial charge in [-0.25, -0.2) is 0 Å². The van der Waals surface area contributed by atoms with Crippen LogP contribution in [0, 0.1) is 0 Å². The molecule has 15 nitrogen and oxygen atoms in total. The molecule has 0 atom stereocenters. The standard InChI is InChI=1S/3Al.15H2O.9H/h;;;15*1H2;;;;;;;;;. The van der Waals surface area contributed by atoms with Gasteiger partial charge in [-0.15, -0.1) is 0 Å². The zero-order valence-electron chi connectivity index (χ0n) is 7.50. The van der Waals surface area contributed by atoms with E-state index >= 15 is 0 Å². The molecule has 0 aliphatic heterocycles. The maximum atomic E-state index is 0. The van der Waals surface area contributed by atoms with Gasteiger partial charge >= 0.3 is 0 Å². The van der Waals surface area contributed by atoms with E-state index in [1.807, 2.05) is 0 Å². The molecule has 0 aromatic rings. The molecule has 0 heterocycles. The fourth-order valence-electron chi connectivity index (χ4n) is 0. The Kier molecular flexibility index (Phi) is 1800000. The molecule has 0 bridgehead atoms. The Hall–Kier alpha value is 0.997. The fraction of sp³-hybridized carbons (Fsp3) is 0. The van der Waals surface area contributed by atoms with Crippen LogP contribution in [0.25, 0.3) is 0 Å². The highest BCUT2D eigenvalue weighted by Gasteiger charge is 0.189. The van der Waals surface area contributed by atoms with Crippen molar-refractivity contribution < 1.29 is 82.1 Å². The molecule has 18 heavy (non-hydrogen) atoms. The van der Waals surface area contributed by atoms with Gasteiger partial charge in [0, 0.05) is 0 Å². The van der Waals surface area contributed by atoms with Gasteiger partial charge < -0.3 is 82.1 Å². The first-order chi connectivity index (χ1) is 0. The lowest BCUT2D eigenvalue weighted by Gasteiger charge is -0.413. The summed E-state index contributed by atoms with van der Waals surface area (Å²) in [6.45, 7) is 0. The molecule has 138 valence electrons. The predicted octanol–water partition coefficient (Wildman–Crippen LogP) is -15.9. The third-order valence-corrected chi connectivity index (χ3v) is 0. The van der Waals surface area contributed by atoms with E-state index in [1.165, 1.54) is 0 Å². The Morgan fingerprint density at radius 1 is 0.111 bits per heavy atom. The summed E-state index contributed by atoms with van der Waals surface area (Å²) in [5.74, 6) is 0. The topological polar surface area (TPSA) is 472 Å². The highest BCUT2D eigenvalue weighted by molar-refractivity contribution is 5.76. The summed E-state index contributed by atoms with van der Waals surface area (Å²) >= 11 is 0. The lowest BCUT2D eigenvalue weighted by molar-refractivity contribution is 0.823. The van der Waals surface area contributed by atoms with Crippen LogP contribution in [0.1, 0.15) is 0 Å². The van der Waals surface area contributed by atoms with Crippen LogP contribution >= 0.6 is 0 Å². The predicted molar refractivity (Wildman–Crippen MR) is 84.0 cm³/mol. The fourth-order valence-corrected chi connectivity index (χ4v) is 0. The number of hydrogen-bond acceptors (Lipinski definition) is 0. The SMILES string of the molecule is O.O.O.O.O.O.O.O.O.O.O.O.O.O.O.[AlH3].[AlH3].[AlH3]. The molecule has 0 aromatic carbocycles. The van der Waals surface area contributed by atoms with Crippen molar-refractivity contribution in [3.63, 3.8) is 0 Å². The smallest absolute Gasteiger partial charge is 0.187 e. The number of hydrogen-bond donors (Lipinski definition) is 0. The first kappa shape index (κ1) is 6190. The molecule has 0 rings (SSSR count).